The quantitative estimate of drug-likeness (QED) is 0.840. The predicted octanol–water partition coefficient (Wildman–Crippen LogP) is 1.63. The fraction of sp³-hybridized carbons (Fsp3) is 0.556. The fourth-order valence-corrected chi connectivity index (χ4v) is 3.82. The number of hydrogen-bond donors (Lipinski definition) is 2. The van der Waals surface area contributed by atoms with E-state index in [1.54, 1.807) is 0 Å². The molecule has 0 saturated heterocycles. The topological polar surface area (TPSA) is 96.2 Å². The number of aliphatic carboxylic acids is 1. The number of anilines is 2. The van der Waals surface area contributed by atoms with E-state index in [1.807, 2.05) is 17.8 Å². The minimum absolute atomic E-state index is 0.111. The SMILES string of the molecule is CNc1nc(N2CCCn3nc(CCC(=O)O)cc3C2)nc2c1CCC2. The van der Waals surface area contributed by atoms with E-state index in [4.69, 9.17) is 15.1 Å². The Labute approximate surface area is 152 Å². The molecule has 2 aromatic rings. The molecule has 4 rings (SSSR count). The zero-order valence-electron chi connectivity index (χ0n) is 15.0. The molecule has 2 aromatic heterocycles. The van der Waals surface area contributed by atoms with Crippen molar-refractivity contribution in [2.45, 2.75) is 51.6 Å². The predicted molar refractivity (Wildman–Crippen MR) is 97.5 cm³/mol. The molecule has 1 aliphatic heterocycles. The van der Waals surface area contributed by atoms with Crippen molar-refractivity contribution in [1.82, 2.24) is 19.7 Å². The first kappa shape index (κ1) is 16.8. The molecule has 0 amide bonds. The molecule has 2 aliphatic rings. The van der Waals surface area contributed by atoms with Gasteiger partial charge in [0.05, 0.1) is 30.0 Å². The summed E-state index contributed by atoms with van der Waals surface area (Å²) in [5.74, 6) is 0.931. The summed E-state index contributed by atoms with van der Waals surface area (Å²) in [5, 5.41) is 16.7. The van der Waals surface area contributed by atoms with Gasteiger partial charge in [-0.25, -0.2) is 4.98 Å². The van der Waals surface area contributed by atoms with Crippen molar-refractivity contribution >= 4 is 17.7 Å². The van der Waals surface area contributed by atoms with Gasteiger partial charge in [-0.15, -0.1) is 0 Å². The number of hydrogen-bond acceptors (Lipinski definition) is 6. The van der Waals surface area contributed by atoms with E-state index in [9.17, 15) is 4.79 Å². The van der Waals surface area contributed by atoms with Gasteiger partial charge in [0.2, 0.25) is 5.95 Å². The third kappa shape index (κ3) is 3.23. The molecular formula is C18H24N6O2. The number of aromatic nitrogens is 4. The van der Waals surface area contributed by atoms with E-state index < -0.39 is 5.97 Å². The third-order valence-electron chi connectivity index (χ3n) is 5.10. The van der Waals surface area contributed by atoms with Crippen LogP contribution in [-0.2, 0) is 37.1 Å². The molecule has 0 saturated carbocycles. The number of nitrogens with zero attached hydrogens (tertiary/aromatic N) is 5. The largest absolute Gasteiger partial charge is 0.481 e. The summed E-state index contributed by atoms with van der Waals surface area (Å²) in [6, 6.07) is 2.02. The minimum atomic E-state index is -0.791. The summed E-state index contributed by atoms with van der Waals surface area (Å²) in [4.78, 5) is 22.6. The molecule has 8 heteroatoms. The van der Waals surface area contributed by atoms with Crippen molar-refractivity contribution in [1.29, 1.82) is 0 Å². The molecule has 138 valence electrons. The van der Waals surface area contributed by atoms with E-state index in [2.05, 4.69) is 15.3 Å². The van der Waals surface area contributed by atoms with Crippen LogP contribution in [0.5, 0.6) is 0 Å². The van der Waals surface area contributed by atoms with Crippen LogP contribution in [0.3, 0.4) is 0 Å². The summed E-state index contributed by atoms with van der Waals surface area (Å²) in [7, 11) is 1.91. The van der Waals surface area contributed by atoms with Crippen LogP contribution in [0, 0.1) is 0 Å². The molecule has 1 aliphatic carbocycles. The Morgan fingerprint density at radius 2 is 2.15 bits per heavy atom. The zero-order chi connectivity index (χ0) is 18.1. The molecule has 0 atom stereocenters. The monoisotopic (exact) mass is 356 g/mol. The van der Waals surface area contributed by atoms with Crippen LogP contribution in [-0.4, -0.2) is 44.4 Å². The van der Waals surface area contributed by atoms with Gasteiger partial charge in [-0.1, -0.05) is 0 Å². The second-order valence-corrected chi connectivity index (χ2v) is 6.92. The van der Waals surface area contributed by atoms with E-state index in [0.717, 1.165) is 61.9 Å². The highest BCUT2D eigenvalue weighted by Crippen LogP contribution is 2.29. The third-order valence-corrected chi connectivity index (χ3v) is 5.10. The first-order valence-electron chi connectivity index (χ1n) is 9.24. The normalized spacial score (nSPS) is 16.1. The van der Waals surface area contributed by atoms with E-state index in [0.29, 0.717) is 13.0 Å². The molecule has 0 aromatic carbocycles. The van der Waals surface area contributed by atoms with Crippen molar-refractivity contribution in [3.63, 3.8) is 0 Å². The van der Waals surface area contributed by atoms with Crippen molar-refractivity contribution in [3.05, 3.63) is 28.7 Å². The fourth-order valence-electron chi connectivity index (χ4n) is 3.82. The van der Waals surface area contributed by atoms with Crippen molar-refractivity contribution in [2.75, 3.05) is 23.8 Å². The van der Waals surface area contributed by atoms with Gasteiger partial charge in [0.15, 0.2) is 0 Å². The first-order chi connectivity index (χ1) is 12.6. The summed E-state index contributed by atoms with van der Waals surface area (Å²) < 4.78 is 2.00. The van der Waals surface area contributed by atoms with Crippen molar-refractivity contribution in [2.24, 2.45) is 0 Å². The van der Waals surface area contributed by atoms with Crippen LogP contribution in [0.2, 0.25) is 0 Å². The summed E-state index contributed by atoms with van der Waals surface area (Å²) in [5.41, 5.74) is 4.36. The maximum Gasteiger partial charge on any atom is 0.303 e. The number of carboxylic acid groups (broad SMARTS) is 1. The summed E-state index contributed by atoms with van der Waals surface area (Å²) in [6.07, 6.45) is 4.74. The molecule has 3 heterocycles. The number of rotatable bonds is 5. The van der Waals surface area contributed by atoms with Crippen LogP contribution in [0.1, 0.15) is 41.9 Å². The Morgan fingerprint density at radius 3 is 2.96 bits per heavy atom. The van der Waals surface area contributed by atoms with Crippen LogP contribution in [0.4, 0.5) is 11.8 Å². The van der Waals surface area contributed by atoms with Crippen molar-refractivity contribution < 1.29 is 9.90 Å². The van der Waals surface area contributed by atoms with Crippen LogP contribution in [0.15, 0.2) is 6.07 Å². The van der Waals surface area contributed by atoms with Gasteiger partial charge < -0.3 is 15.3 Å². The molecular weight excluding hydrogens is 332 g/mol. The molecule has 2 N–H and O–H groups in total. The van der Waals surface area contributed by atoms with E-state index in [1.165, 1.54) is 11.3 Å². The highest BCUT2D eigenvalue weighted by molar-refractivity contribution is 5.67. The van der Waals surface area contributed by atoms with Gasteiger partial charge in [-0.2, -0.15) is 10.1 Å². The van der Waals surface area contributed by atoms with E-state index in [-0.39, 0.29) is 6.42 Å². The van der Waals surface area contributed by atoms with Gasteiger partial charge >= 0.3 is 5.97 Å². The van der Waals surface area contributed by atoms with Crippen LogP contribution in [0.25, 0.3) is 0 Å². The molecule has 0 unspecified atom stereocenters. The minimum Gasteiger partial charge on any atom is -0.481 e. The molecule has 8 nitrogen and oxygen atoms in total. The average Bonchev–Trinajstić information content (AvgIpc) is 3.20. The van der Waals surface area contributed by atoms with Crippen LogP contribution < -0.4 is 10.2 Å². The lowest BCUT2D eigenvalue weighted by Gasteiger charge is -2.21. The second kappa shape index (κ2) is 6.93. The van der Waals surface area contributed by atoms with Gasteiger partial charge in [0.1, 0.15) is 5.82 Å². The maximum atomic E-state index is 10.8. The first-order valence-corrected chi connectivity index (χ1v) is 9.24. The lowest BCUT2D eigenvalue weighted by atomic mass is 10.2. The Bertz CT molecular complexity index is 831. The number of aryl methyl sites for hydroxylation is 3. The van der Waals surface area contributed by atoms with Gasteiger partial charge in [-0.3, -0.25) is 9.48 Å². The average molecular weight is 356 g/mol. The van der Waals surface area contributed by atoms with Gasteiger partial charge in [0.25, 0.3) is 0 Å². The maximum absolute atomic E-state index is 10.8. The highest BCUT2D eigenvalue weighted by Gasteiger charge is 2.23. The standard InChI is InChI=1S/C18H24N6O2/c1-19-17-14-4-2-5-15(14)20-18(21-17)23-8-3-9-24-13(11-23)10-12(22-24)6-7-16(25)26/h10H,2-9,11H2,1H3,(H,25,26)(H,19,20,21). The summed E-state index contributed by atoms with van der Waals surface area (Å²) in [6.45, 7) is 2.42. The summed E-state index contributed by atoms with van der Waals surface area (Å²) >= 11 is 0. The zero-order valence-corrected chi connectivity index (χ0v) is 15.0. The van der Waals surface area contributed by atoms with E-state index >= 15 is 0 Å². The highest BCUT2D eigenvalue weighted by atomic mass is 16.4. The second-order valence-electron chi connectivity index (χ2n) is 6.92. The number of carboxylic acids is 1. The number of fused-ring (bicyclic) bond motifs is 2. The molecule has 26 heavy (non-hydrogen) atoms. The molecule has 0 fully saturated rings. The molecule has 0 radical (unpaired) electrons. The molecule has 0 bridgehead atoms. The number of nitrogens with one attached hydrogen (secondary N) is 1. The lowest BCUT2D eigenvalue weighted by Crippen LogP contribution is -2.25. The van der Waals surface area contributed by atoms with Crippen LogP contribution >= 0.6 is 0 Å². The smallest absolute Gasteiger partial charge is 0.303 e. The lowest BCUT2D eigenvalue weighted by molar-refractivity contribution is -0.136. The van der Waals surface area contributed by atoms with Gasteiger partial charge in [0, 0.05) is 32.1 Å². The Hall–Kier alpha value is -2.64. The Morgan fingerprint density at radius 1 is 1.27 bits per heavy atom. The Balaban J connectivity index is 1.58. The van der Waals surface area contributed by atoms with Gasteiger partial charge in [-0.05, 0) is 31.7 Å². The molecule has 0 spiro atoms. The number of carbonyl (C=O) groups is 1. The Kier molecular flexibility index (Phi) is 4.48. The van der Waals surface area contributed by atoms with Crippen molar-refractivity contribution in [3.8, 4) is 0 Å².